The summed E-state index contributed by atoms with van der Waals surface area (Å²) in [5, 5.41) is 15.3. The van der Waals surface area contributed by atoms with Crippen LogP contribution in [0.1, 0.15) is 5.69 Å². The second-order valence-electron chi connectivity index (χ2n) is 2.45. The fourth-order valence-corrected chi connectivity index (χ4v) is 1.11. The molecule has 0 saturated heterocycles. The first kappa shape index (κ1) is 7.53. The van der Waals surface area contributed by atoms with E-state index < -0.39 is 0 Å². The summed E-state index contributed by atoms with van der Waals surface area (Å²) in [5.74, 6) is 0.0266. The lowest BCUT2D eigenvalue weighted by molar-refractivity contribution is 0.318. The van der Waals surface area contributed by atoms with Gasteiger partial charge in [-0.05, 0) is 12.1 Å². The number of amidine groups is 1. The SMILES string of the molecule is N/C(=N/O)c1ccc2cncnn12. The lowest BCUT2D eigenvalue weighted by Crippen LogP contribution is -2.16. The van der Waals surface area contributed by atoms with Crippen LogP contribution in [0.15, 0.2) is 29.8 Å². The van der Waals surface area contributed by atoms with Gasteiger partial charge in [0.1, 0.15) is 12.0 Å². The first-order chi connectivity index (χ1) is 6.33. The number of hydrogen-bond donors (Lipinski definition) is 2. The number of nitrogens with two attached hydrogens (primary N) is 1. The highest BCUT2D eigenvalue weighted by Crippen LogP contribution is 2.05. The van der Waals surface area contributed by atoms with Crippen LogP contribution in [0.4, 0.5) is 0 Å². The molecule has 0 fully saturated rings. The summed E-state index contributed by atoms with van der Waals surface area (Å²) in [6.45, 7) is 0. The Kier molecular flexibility index (Phi) is 1.59. The van der Waals surface area contributed by atoms with E-state index in [4.69, 9.17) is 10.9 Å². The van der Waals surface area contributed by atoms with E-state index in [0.29, 0.717) is 5.69 Å². The highest BCUT2D eigenvalue weighted by molar-refractivity contribution is 5.96. The molecule has 0 atom stereocenters. The Labute approximate surface area is 73.3 Å². The Bertz CT molecular complexity index is 461. The molecule has 0 aromatic carbocycles. The smallest absolute Gasteiger partial charge is 0.188 e. The van der Waals surface area contributed by atoms with Crippen LogP contribution in [0.3, 0.4) is 0 Å². The highest BCUT2D eigenvalue weighted by Gasteiger charge is 2.05. The predicted octanol–water partition coefficient (Wildman–Crippen LogP) is -0.176. The topological polar surface area (TPSA) is 88.8 Å². The Balaban J connectivity index is 2.71. The average molecular weight is 177 g/mol. The molecule has 0 aliphatic heterocycles. The van der Waals surface area contributed by atoms with Crippen molar-refractivity contribution in [1.29, 1.82) is 0 Å². The minimum Gasteiger partial charge on any atom is -0.409 e. The van der Waals surface area contributed by atoms with Crippen molar-refractivity contribution in [2.75, 3.05) is 0 Å². The monoisotopic (exact) mass is 177 g/mol. The largest absolute Gasteiger partial charge is 0.409 e. The standard InChI is InChI=1S/C7H7N5O/c8-7(11-13)6-2-1-5-3-9-4-10-12(5)6/h1-4,13H,(H2,8,11). The Morgan fingerprint density at radius 2 is 2.38 bits per heavy atom. The van der Waals surface area contributed by atoms with E-state index in [0.717, 1.165) is 5.52 Å². The third kappa shape index (κ3) is 1.08. The molecule has 2 heterocycles. The minimum absolute atomic E-state index is 0.0266. The first-order valence-electron chi connectivity index (χ1n) is 3.58. The van der Waals surface area contributed by atoms with E-state index in [-0.39, 0.29) is 5.84 Å². The zero-order chi connectivity index (χ0) is 9.26. The molecule has 13 heavy (non-hydrogen) atoms. The number of fused-ring (bicyclic) bond motifs is 1. The fourth-order valence-electron chi connectivity index (χ4n) is 1.11. The summed E-state index contributed by atoms with van der Waals surface area (Å²) in [6, 6.07) is 3.49. The van der Waals surface area contributed by atoms with Crippen molar-refractivity contribution in [3.8, 4) is 0 Å². The summed E-state index contributed by atoms with van der Waals surface area (Å²) in [5.41, 5.74) is 6.76. The first-order valence-corrected chi connectivity index (χ1v) is 3.58. The number of oxime groups is 1. The van der Waals surface area contributed by atoms with Gasteiger partial charge in [0.15, 0.2) is 5.84 Å². The van der Waals surface area contributed by atoms with Gasteiger partial charge in [0.05, 0.1) is 11.7 Å². The molecule has 66 valence electrons. The molecule has 0 unspecified atom stereocenters. The van der Waals surface area contributed by atoms with Crippen LogP contribution in [0, 0.1) is 0 Å². The highest BCUT2D eigenvalue weighted by atomic mass is 16.4. The van der Waals surface area contributed by atoms with Crippen molar-refractivity contribution >= 4 is 11.4 Å². The van der Waals surface area contributed by atoms with Crippen molar-refractivity contribution in [3.63, 3.8) is 0 Å². The Morgan fingerprint density at radius 3 is 3.15 bits per heavy atom. The van der Waals surface area contributed by atoms with Gasteiger partial charge in [-0.1, -0.05) is 5.16 Å². The third-order valence-electron chi connectivity index (χ3n) is 1.70. The van der Waals surface area contributed by atoms with Crippen molar-refractivity contribution in [2.45, 2.75) is 0 Å². The van der Waals surface area contributed by atoms with Gasteiger partial charge in [-0.25, -0.2) is 9.50 Å². The Hall–Kier alpha value is -2.11. The average Bonchev–Trinajstić information content (AvgIpc) is 2.60. The van der Waals surface area contributed by atoms with Gasteiger partial charge >= 0.3 is 0 Å². The number of nitrogens with zero attached hydrogens (tertiary/aromatic N) is 4. The summed E-state index contributed by atoms with van der Waals surface area (Å²) in [4.78, 5) is 3.84. The maximum Gasteiger partial charge on any atom is 0.188 e. The molecule has 0 amide bonds. The second-order valence-corrected chi connectivity index (χ2v) is 2.45. The molecule has 6 heteroatoms. The van der Waals surface area contributed by atoms with Crippen molar-refractivity contribution in [3.05, 3.63) is 30.4 Å². The molecule has 2 aromatic rings. The van der Waals surface area contributed by atoms with Gasteiger partial charge in [0, 0.05) is 0 Å². The van der Waals surface area contributed by atoms with Gasteiger partial charge in [-0.15, -0.1) is 0 Å². The van der Waals surface area contributed by atoms with Crippen LogP contribution < -0.4 is 5.73 Å². The third-order valence-corrected chi connectivity index (χ3v) is 1.70. The van der Waals surface area contributed by atoms with Crippen LogP contribution in [0.25, 0.3) is 5.52 Å². The molecule has 0 bridgehead atoms. The zero-order valence-electron chi connectivity index (χ0n) is 6.62. The van der Waals surface area contributed by atoms with Gasteiger partial charge in [-0.2, -0.15) is 5.10 Å². The maximum absolute atomic E-state index is 8.47. The van der Waals surface area contributed by atoms with E-state index in [1.165, 1.54) is 6.33 Å². The molecule has 0 spiro atoms. The van der Waals surface area contributed by atoms with Crippen LogP contribution in [0.5, 0.6) is 0 Å². The normalized spacial score (nSPS) is 12.2. The molecule has 6 nitrogen and oxygen atoms in total. The van der Waals surface area contributed by atoms with Gasteiger partial charge < -0.3 is 10.9 Å². The molecule has 0 aliphatic carbocycles. The summed E-state index contributed by atoms with van der Waals surface area (Å²) >= 11 is 0. The van der Waals surface area contributed by atoms with E-state index in [9.17, 15) is 0 Å². The molecule has 2 aromatic heterocycles. The van der Waals surface area contributed by atoms with E-state index in [2.05, 4.69) is 15.2 Å². The molecule has 0 radical (unpaired) electrons. The number of aromatic nitrogens is 3. The fraction of sp³-hybridized carbons (Fsp3) is 0. The maximum atomic E-state index is 8.47. The molecule has 2 rings (SSSR count). The van der Waals surface area contributed by atoms with E-state index in [1.54, 1.807) is 22.8 Å². The summed E-state index contributed by atoms with van der Waals surface area (Å²) in [7, 11) is 0. The zero-order valence-corrected chi connectivity index (χ0v) is 6.62. The van der Waals surface area contributed by atoms with Crippen LogP contribution in [0.2, 0.25) is 0 Å². The molecule has 0 saturated carbocycles. The number of rotatable bonds is 1. The van der Waals surface area contributed by atoms with Crippen molar-refractivity contribution < 1.29 is 5.21 Å². The number of hydrogen-bond acceptors (Lipinski definition) is 4. The quantitative estimate of drug-likeness (QED) is 0.274. The second kappa shape index (κ2) is 2.74. The van der Waals surface area contributed by atoms with Crippen molar-refractivity contribution in [2.24, 2.45) is 10.9 Å². The molecule has 0 aliphatic rings. The summed E-state index contributed by atoms with van der Waals surface area (Å²) < 4.78 is 1.54. The van der Waals surface area contributed by atoms with Gasteiger partial charge in [0.2, 0.25) is 0 Å². The molecular weight excluding hydrogens is 170 g/mol. The minimum atomic E-state index is 0.0266. The van der Waals surface area contributed by atoms with E-state index >= 15 is 0 Å². The molecular formula is C7H7N5O. The predicted molar refractivity (Wildman–Crippen MR) is 45.5 cm³/mol. The van der Waals surface area contributed by atoms with Crippen LogP contribution >= 0.6 is 0 Å². The Morgan fingerprint density at radius 1 is 1.54 bits per heavy atom. The van der Waals surface area contributed by atoms with Crippen molar-refractivity contribution in [1.82, 2.24) is 14.6 Å². The van der Waals surface area contributed by atoms with Gasteiger partial charge in [-0.3, -0.25) is 0 Å². The van der Waals surface area contributed by atoms with Crippen LogP contribution in [-0.2, 0) is 0 Å². The lowest BCUT2D eigenvalue weighted by Gasteiger charge is -1.97. The summed E-state index contributed by atoms with van der Waals surface area (Å²) in [6.07, 6.45) is 3.03. The van der Waals surface area contributed by atoms with Gasteiger partial charge in [0.25, 0.3) is 0 Å². The molecule has 3 N–H and O–H groups in total. The van der Waals surface area contributed by atoms with Crippen LogP contribution in [-0.4, -0.2) is 25.6 Å². The lowest BCUT2D eigenvalue weighted by atomic mass is 10.4. The van der Waals surface area contributed by atoms with E-state index in [1.807, 2.05) is 0 Å².